The van der Waals surface area contributed by atoms with E-state index < -0.39 is 5.97 Å². The number of hydrogen-bond donors (Lipinski definition) is 0. The highest BCUT2D eigenvalue weighted by molar-refractivity contribution is 6.03. The number of nitrogens with zero attached hydrogens (tertiary/aromatic N) is 2. The van der Waals surface area contributed by atoms with Crippen LogP contribution in [0.4, 0.5) is 0 Å². The fourth-order valence-corrected chi connectivity index (χ4v) is 1.09. The molecule has 0 aliphatic carbocycles. The molecule has 0 aliphatic rings. The molecule has 6 nitrogen and oxygen atoms in total. The molecule has 0 spiro atoms. The van der Waals surface area contributed by atoms with Crippen LogP contribution in [0.1, 0.15) is 17.0 Å². The third-order valence-electron chi connectivity index (χ3n) is 1.77. The first kappa shape index (κ1) is 11.4. The van der Waals surface area contributed by atoms with Gasteiger partial charge in [0.25, 0.3) is 0 Å². The fraction of sp³-hybridized carbons (Fsp3) is 0.444. The minimum atomic E-state index is -0.577. The van der Waals surface area contributed by atoms with Crippen LogP contribution in [0.3, 0.4) is 0 Å². The van der Waals surface area contributed by atoms with Crippen LogP contribution in [0.15, 0.2) is 12.4 Å². The van der Waals surface area contributed by atoms with Crippen molar-refractivity contribution in [1.82, 2.24) is 9.55 Å². The molecule has 1 aromatic rings. The first-order valence-electron chi connectivity index (χ1n) is 4.29. The summed E-state index contributed by atoms with van der Waals surface area (Å²) in [4.78, 5) is 26.3. The second-order valence-electron chi connectivity index (χ2n) is 2.81. The van der Waals surface area contributed by atoms with Gasteiger partial charge in [-0.15, -0.1) is 0 Å². The predicted molar refractivity (Wildman–Crippen MR) is 50.2 cm³/mol. The third-order valence-corrected chi connectivity index (χ3v) is 1.77. The molecule has 82 valence electrons. The quantitative estimate of drug-likeness (QED) is 0.397. The van der Waals surface area contributed by atoms with Gasteiger partial charge in [-0.25, -0.2) is 4.98 Å². The predicted octanol–water partition coefficient (Wildman–Crippen LogP) is 0.233. The van der Waals surface area contributed by atoms with Crippen molar-refractivity contribution in [2.45, 2.75) is 13.2 Å². The lowest BCUT2D eigenvalue weighted by atomic mass is 10.3. The van der Waals surface area contributed by atoms with Crippen molar-refractivity contribution in [2.75, 3.05) is 14.2 Å². The van der Waals surface area contributed by atoms with Gasteiger partial charge in [0.2, 0.25) is 5.78 Å². The van der Waals surface area contributed by atoms with Gasteiger partial charge in [-0.3, -0.25) is 9.59 Å². The lowest BCUT2D eigenvalue weighted by molar-refractivity contribution is -0.139. The van der Waals surface area contributed by atoms with Gasteiger partial charge < -0.3 is 14.0 Å². The molecule has 0 bridgehead atoms. The highest BCUT2D eigenvalue weighted by atomic mass is 16.5. The van der Waals surface area contributed by atoms with Gasteiger partial charge in [0.15, 0.2) is 5.82 Å². The number of carbonyl (C=O) groups excluding carboxylic acids is 2. The smallest absolute Gasteiger partial charge is 0.313 e. The number of methoxy groups -OCH3 is 2. The molecular formula is C9H12N2O4. The first-order valence-corrected chi connectivity index (χ1v) is 4.29. The summed E-state index contributed by atoms with van der Waals surface area (Å²) in [7, 11) is 2.74. The highest BCUT2D eigenvalue weighted by Gasteiger charge is 2.16. The number of esters is 1. The summed E-state index contributed by atoms with van der Waals surface area (Å²) in [6, 6.07) is 0. The average Bonchev–Trinajstić information content (AvgIpc) is 2.66. The molecular weight excluding hydrogens is 200 g/mol. The maximum absolute atomic E-state index is 11.5. The summed E-state index contributed by atoms with van der Waals surface area (Å²) in [6.07, 6.45) is 2.77. The molecule has 15 heavy (non-hydrogen) atoms. The molecule has 0 N–H and O–H groups in total. The molecule has 0 unspecified atom stereocenters. The summed E-state index contributed by atoms with van der Waals surface area (Å²) in [5, 5.41) is 0. The van der Waals surface area contributed by atoms with Crippen LogP contribution in [-0.2, 0) is 21.0 Å². The van der Waals surface area contributed by atoms with Crippen LogP contribution in [0.5, 0.6) is 0 Å². The van der Waals surface area contributed by atoms with Gasteiger partial charge in [-0.2, -0.15) is 0 Å². The SMILES string of the molecule is COCn1ccnc1C(=O)CC(=O)OC. The van der Waals surface area contributed by atoms with E-state index in [4.69, 9.17) is 4.74 Å². The molecule has 6 heteroatoms. The fourth-order valence-electron chi connectivity index (χ4n) is 1.09. The Morgan fingerprint density at radius 2 is 2.20 bits per heavy atom. The van der Waals surface area contributed by atoms with Crippen molar-refractivity contribution in [2.24, 2.45) is 0 Å². The Balaban J connectivity index is 2.72. The normalized spacial score (nSPS) is 10.0. The molecule has 1 heterocycles. The molecule has 0 saturated heterocycles. The van der Waals surface area contributed by atoms with E-state index in [9.17, 15) is 9.59 Å². The monoisotopic (exact) mass is 212 g/mol. The van der Waals surface area contributed by atoms with E-state index in [1.807, 2.05) is 0 Å². The van der Waals surface area contributed by atoms with Crippen molar-refractivity contribution < 1.29 is 19.1 Å². The number of ether oxygens (including phenoxy) is 2. The van der Waals surface area contributed by atoms with Gasteiger partial charge in [0.1, 0.15) is 13.2 Å². The maximum atomic E-state index is 11.5. The molecule has 1 rings (SSSR count). The van der Waals surface area contributed by atoms with Crippen LogP contribution < -0.4 is 0 Å². The van der Waals surface area contributed by atoms with Crippen LogP contribution in [0.2, 0.25) is 0 Å². The Bertz CT molecular complexity index is 359. The number of hydrogen-bond acceptors (Lipinski definition) is 5. The number of ketones is 1. The third kappa shape index (κ3) is 2.88. The number of Topliss-reactive ketones (excluding diaryl/α,β-unsaturated/α-hetero) is 1. The van der Waals surface area contributed by atoms with Crippen molar-refractivity contribution in [1.29, 1.82) is 0 Å². The lowest BCUT2D eigenvalue weighted by Crippen LogP contribution is -2.15. The van der Waals surface area contributed by atoms with E-state index in [2.05, 4.69) is 9.72 Å². The average molecular weight is 212 g/mol. The molecule has 0 amide bonds. The standard InChI is InChI=1S/C9H12N2O4/c1-14-6-11-4-3-10-9(11)7(12)5-8(13)15-2/h3-4H,5-6H2,1-2H3. The minimum Gasteiger partial charge on any atom is -0.469 e. The summed E-state index contributed by atoms with van der Waals surface area (Å²) in [5.74, 6) is -0.766. The van der Waals surface area contributed by atoms with Crippen LogP contribution in [-0.4, -0.2) is 35.5 Å². The molecule has 0 saturated carbocycles. The largest absolute Gasteiger partial charge is 0.469 e. The molecule has 0 atom stereocenters. The second kappa shape index (κ2) is 5.26. The summed E-state index contributed by atoms with van der Waals surface area (Å²) in [6.45, 7) is 0.224. The minimum absolute atomic E-state index is 0.197. The number of carbonyl (C=O) groups is 2. The van der Waals surface area contributed by atoms with Crippen LogP contribution in [0.25, 0.3) is 0 Å². The zero-order valence-corrected chi connectivity index (χ0v) is 8.60. The Kier molecular flexibility index (Phi) is 3.99. The molecule has 0 aromatic carbocycles. The second-order valence-corrected chi connectivity index (χ2v) is 2.81. The van der Waals surface area contributed by atoms with Crippen molar-refractivity contribution in [3.8, 4) is 0 Å². The summed E-state index contributed by atoms with van der Waals surface area (Å²) >= 11 is 0. The Hall–Kier alpha value is -1.69. The van der Waals surface area contributed by atoms with Gasteiger partial charge >= 0.3 is 5.97 Å². The highest BCUT2D eigenvalue weighted by Crippen LogP contribution is 2.02. The number of rotatable bonds is 5. The topological polar surface area (TPSA) is 70.4 Å². The van der Waals surface area contributed by atoms with Crippen molar-refractivity contribution in [3.05, 3.63) is 18.2 Å². The number of imidazole rings is 1. The van der Waals surface area contributed by atoms with Crippen LogP contribution in [0, 0.1) is 0 Å². The van der Waals surface area contributed by atoms with E-state index in [-0.39, 0.29) is 24.8 Å². The van der Waals surface area contributed by atoms with Gasteiger partial charge in [0, 0.05) is 19.5 Å². The van der Waals surface area contributed by atoms with Gasteiger partial charge in [-0.05, 0) is 0 Å². The van der Waals surface area contributed by atoms with E-state index in [1.165, 1.54) is 25.0 Å². The van der Waals surface area contributed by atoms with Gasteiger partial charge in [0.05, 0.1) is 7.11 Å². The van der Waals surface area contributed by atoms with Crippen molar-refractivity contribution in [3.63, 3.8) is 0 Å². The molecule has 0 aliphatic heterocycles. The van der Waals surface area contributed by atoms with Gasteiger partial charge in [-0.1, -0.05) is 0 Å². The maximum Gasteiger partial charge on any atom is 0.313 e. The van der Waals surface area contributed by atoms with E-state index in [0.717, 1.165) is 0 Å². The Labute approximate surface area is 86.8 Å². The summed E-state index contributed by atoms with van der Waals surface area (Å²) in [5.41, 5.74) is 0. The van der Waals surface area contributed by atoms with Crippen molar-refractivity contribution >= 4 is 11.8 Å². The van der Waals surface area contributed by atoms with E-state index in [0.29, 0.717) is 0 Å². The zero-order valence-electron chi connectivity index (χ0n) is 8.60. The van der Waals surface area contributed by atoms with Crippen LogP contribution >= 0.6 is 0 Å². The molecule has 0 radical (unpaired) electrons. The zero-order chi connectivity index (χ0) is 11.3. The lowest BCUT2D eigenvalue weighted by Gasteiger charge is -2.04. The first-order chi connectivity index (χ1) is 7.19. The molecule has 0 fully saturated rings. The Morgan fingerprint density at radius 1 is 1.47 bits per heavy atom. The van der Waals surface area contributed by atoms with E-state index >= 15 is 0 Å². The Morgan fingerprint density at radius 3 is 2.80 bits per heavy atom. The number of aromatic nitrogens is 2. The van der Waals surface area contributed by atoms with E-state index in [1.54, 1.807) is 6.20 Å². The summed E-state index contributed by atoms with van der Waals surface area (Å²) < 4.78 is 10.8. The molecule has 1 aromatic heterocycles.